The fourth-order valence-corrected chi connectivity index (χ4v) is 7.80. The molecule has 0 aromatic heterocycles. The first kappa shape index (κ1) is 29.3. The third-order valence-corrected chi connectivity index (χ3v) is 10.1. The molecule has 2 saturated heterocycles. The Labute approximate surface area is 269 Å². The number of carbonyl (C=O) groups is 4. The summed E-state index contributed by atoms with van der Waals surface area (Å²) in [5.41, 5.74) is 2.51. The van der Waals surface area contributed by atoms with Crippen LogP contribution in [0.2, 0.25) is 10.0 Å². The van der Waals surface area contributed by atoms with Crippen molar-refractivity contribution in [2.45, 2.75) is 12.8 Å². The molecule has 3 aromatic carbocycles. The third kappa shape index (κ3) is 4.75. The maximum Gasteiger partial charge on any atom is 0.238 e. The Balaban J connectivity index is 1.30. The largest absolute Gasteiger partial charge is 0.504 e. The molecule has 3 fully saturated rings. The molecule has 1 saturated carbocycles. The van der Waals surface area contributed by atoms with Gasteiger partial charge in [-0.25, -0.2) is 0 Å². The van der Waals surface area contributed by atoms with E-state index in [1.54, 1.807) is 60.7 Å². The van der Waals surface area contributed by atoms with Crippen LogP contribution >= 0.6 is 23.2 Å². The third-order valence-electron chi connectivity index (χ3n) is 9.57. The molecule has 3 aromatic rings. The summed E-state index contributed by atoms with van der Waals surface area (Å²) >= 11 is 12.2. The van der Waals surface area contributed by atoms with Crippen molar-refractivity contribution in [1.82, 2.24) is 0 Å². The topological polar surface area (TPSA) is 104 Å². The summed E-state index contributed by atoms with van der Waals surface area (Å²) in [6, 6.07) is 18.1. The quantitative estimate of drug-likeness (QED) is 0.259. The standard InChI is InChI=1S/C35H28Cl2N2O6/c1-45-29-16-18(3-15-28(29)40)2-12-24-23-13-14-25-31(35(44)38(32(25)41)21-8-4-19(36)5-9-21)26(23)17-27-30(24)34(43)39(33(27)42)22-10-6-20(37)7-11-22/h2-13,15-16,24-27,30-31,40H,14,17H2,1H3/t24-,25-,26+,27+,30-,31-/m0/s1. The Hall–Kier alpha value is -4.40. The van der Waals surface area contributed by atoms with E-state index in [9.17, 15) is 24.3 Å². The fraction of sp³-hybridized carbons (Fsp3) is 0.257. The van der Waals surface area contributed by atoms with Crippen LogP contribution < -0.4 is 14.5 Å². The summed E-state index contributed by atoms with van der Waals surface area (Å²) in [5.74, 6) is -4.45. The number of aromatic hydroxyl groups is 1. The van der Waals surface area contributed by atoms with Crippen LogP contribution in [-0.2, 0) is 19.2 Å². The smallest absolute Gasteiger partial charge is 0.238 e. The summed E-state index contributed by atoms with van der Waals surface area (Å²) in [6.45, 7) is 0. The number of phenols is 1. The number of rotatable bonds is 5. The van der Waals surface area contributed by atoms with Crippen molar-refractivity contribution in [3.63, 3.8) is 0 Å². The number of allylic oxidation sites excluding steroid dienone is 3. The lowest BCUT2D eigenvalue weighted by Crippen LogP contribution is -2.43. The van der Waals surface area contributed by atoms with E-state index >= 15 is 0 Å². The molecule has 0 spiro atoms. The summed E-state index contributed by atoms with van der Waals surface area (Å²) < 4.78 is 5.27. The average molecular weight is 644 g/mol. The second kappa shape index (κ2) is 11.2. The lowest BCUT2D eigenvalue weighted by molar-refractivity contribution is -0.126. The number of imide groups is 2. The van der Waals surface area contributed by atoms with Crippen molar-refractivity contribution >= 4 is 64.3 Å². The second-order valence-electron chi connectivity index (χ2n) is 11.8. The molecule has 2 heterocycles. The van der Waals surface area contributed by atoms with Crippen LogP contribution in [0, 0.1) is 35.5 Å². The predicted octanol–water partition coefficient (Wildman–Crippen LogP) is 6.30. The molecular weight excluding hydrogens is 615 g/mol. The van der Waals surface area contributed by atoms with Gasteiger partial charge < -0.3 is 9.84 Å². The number of halogens is 2. The number of hydrogen-bond acceptors (Lipinski definition) is 6. The zero-order chi connectivity index (χ0) is 31.6. The number of phenolic OH excluding ortho intramolecular Hbond substituents is 1. The van der Waals surface area contributed by atoms with Crippen molar-refractivity contribution in [1.29, 1.82) is 0 Å². The molecule has 0 radical (unpaired) electrons. The van der Waals surface area contributed by atoms with Crippen molar-refractivity contribution in [2.75, 3.05) is 16.9 Å². The van der Waals surface area contributed by atoms with Crippen molar-refractivity contribution in [3.8, 4) is 11.5 Å². The lowest BCUT2D eigenvalue weighted by atomic mass is 9.58. The van der Waals surface area contributed by atoms with Crippen molar-refractivity contribution in [3.05, 3.63) is 100 Å². The molecule has 0 unspecified atom stereocenters. The van der Waals surface area contributed by atoms with E-state index in [2.05, 4.69) is 0 Å². The minimum atomic E-state index is -0.693. The predicted molar refractivity (Wildman–Crippen MR) is 170 cm³/mol. The molecule has 0 bridgehead atoms. The van der Waals surface area contributed by atoms with Crippen LogP contribution in [0.1, 0.15) is 18.4 Å². The highest BCUT2D eigenvalue weighted by molar-refractivity contribution is 6.31. The van der Waals surface area contributed by atoms with Gasteiger partial charge in [0.2, 0.25) is 23.6 Å². The second-order valence-corrected chi connectivity index (χ2v) is 12.7. The molecule has 1 N–H and O–H groups in total. The van der Waals surface area contributed by atoms with Gasteiger partial charge in [-0.3, -0.25) is 29.0 Å². The zero-order valence-corrected chi connectivity index (χ0v) is 25.6. The van der Waals surface area contributed by atoms with Crippen molar-refractivity contribution < 1.29 is 29.0 Å². The minimum absolute atomic E-state index is 0.00157. The number of ether oxygens (including phenoxy) is 1. The van der Waals surface area contributed by atoms with Crippen LogP contribution in [0.4, 0.5) is 11.4 Å². The first-order chi connectivity index (χ1) is 21.7. The maximum atomic E-state index is 14.1. The number of carbonyl (C=O) groups excluding carboxylic acids is 4. The van der Waals surface area contributed by atoms with Crippen LogP contribution in [-0.4, -0.2) is 35.8 Å². The van der Waals surface area contributed by atoms with E-state index < -0.39 is 35.5 Å². The molecule has 2 aliphatic heterocycles. The normalized spacial score (nSPS) is 27.5. The van der Waals surface area contributed by atoms with Gasteiger partial charge in [0.1, 0.15) is 0 Å². The van der Waals surface area contributed by atoms with Gasteiger partial charge >= 0.3 is 0 Å². The molecule has 228 valence electrons. The highest BCUT2D eigenvalue weighted by Gasteiger charge is 2.61. The van der Waals surface area contributed by atoms with Gasteiger partial charge in [-0.1, -0.05) is 53.1 Å². The van der Waals surface area contributed by atoms with E-state index in [0.717, 1.165) is 11.1 Å². The number of fused-ring (bicyclic) bond motifs is 4. The van der Waals surface area contributed by atoms with Gasteiger partial charge in [-0.2, -0.15) is 0 Å². The molecular formula is C35H28Cl2N2O6. The first-order valence-corrected chi connectivity index (χ1v) is 15.5. The van der Waals surface area contributed by atoms with Gasteiger partial charge in [0, 0.05) is 16.0 Å². The number of anilines is 2. The Morgan fingerprint density at radius 2 is 1.33 bits per heavy atom. The van der Waals surface area contributed by atoms with Gasteiger partial charge in [-0.15, -0.1) is 0 Å². The fourth-order valence-electron chi connectivity index (χ4n) is 7.55. The monoisotopic (exact) mass is 642 g/mol. The van der Waals surface area contributed by atoms with Crippen LogP contribution in [0.15, 0.2) is 84.5 Å². The maximum absolute atomic E-state index is 14.1. The number of nitrogens with zero attached hydrogens (tertiary/aromatic N) is 2. The minimum Gasteiger partial charge on any atom is -0.504 e. The van der Waals surface area contributed by atoms with E-state index in [1.807, 2.05) is 18.2 Å². The molecule has 8 nitrogen and oxygen atoms in total. The Morgan fingerprint density at radius 1 is 0.756 bits per heavy atom. The highest BCUT2D eigenvalue weighted by atomic mass is 35.5. The van der Waals surface area contributed by atoms with Gasteiger partial charge in [-0.05, 0) is 85.0 Å². The number of methoxy groups -OCH3 is 1. The van der Waals surface area contributed by atoms with Gasteiger partial charge in [0.25, 0.3) is 0 Å². The van der Waals surface area contributed by atoms with Crippen LogP contribution in [0.3, 0.4) is 0 Å². The Kier molecular flexibility index (Phi) is 7.29. The molecule has 4 aliphatic rings. The average Bonchev–Trinajstić information content (AvgIpc) is 3.44. The number of amides is 4. The van der Waals surface area contributed by atoms with E-state index in [4.69, 9.17) is 27.9 Å². The van der Waals surface area contributed by atoms with E-state index in [1.165, 1.54) is 23.0 Å². The molecule has 10 heteroatoms. The van der Waals surface area contributed by atoms with E-state index in [-0.39, 0.29) is 35.8 Å². The van der Waals surface area contributed by atoms with E-state index in [0.29, 0.717) is 33.6 Å². The first-order valence-electron chi connectivity index (χ1n) is 14.7. The number of benzene rings is 3. The SMILES string of the molecule is COc1cc(C=C[C@H]2C3=CC[C@@H]4C(=O)N(c5ccc(Cl)cc5)C(=O)[C@@H]4[C@@H]3C[C@H]3C(=O)N(c4ccc(Cl)cc4)C(=O)[C@@H]23)ccc1O. The summed E-state index contributed by atoms with van der Waals surface area (Å²) in [7, 11) is 1.46. The molecule has 45 heavy (non-hydrogen) atoms. The van der Waals surface area contributed by atoms with Gasteiger partial charge in [0.15, 0.2) is 11.5 Å². The lowest BCUT2D eigenvalue weighted by Gasteiger charge is -2.42. The van der Waals surface area contributed by atoms with Gasteiger partial charge in [0.05, 0.1) is 42.2 Å². The zero-order valence-electron chi connectivity index (χ0n) is 24.1. The number of hydrogen-bond donors (Lipinski definition) is 1. The molecule has 4 amide bonds. The Morgan fingerprint density at radius 3 is 1.93 bits per heavy atom. The molecule has 2 aliphatic carbocycles. The Bertz CT molecular complexity index is 1800. The summed E-state index contributed by atoms with van der Waals surface area (Å²) in [6.07, 6.45) is 6.35. The van der Waals surface area contributed by atoms with Crippen molar-refractivity contribution in [2.24, 2.45) is 35.5 Å². The van der Waals surface area contributed by atoms with Crippen LogP contribution in [0.25, 0.3) is 6.08 Å². The summed E-state index contributed by atoms with van der Waals surface area (Å²) in [5, 5.41) is 11.1. The van der Waals surface area contributed by atoms with Crippen LogP contribution in [0.5, 0.6) is 11.5 Å². The highest BCUT2D eigenvalue weighted by Crippen LogP contribution is 2.56. The molecule has 6 atom stereocenters. The molecule has 7 rings (SSSR count). The summed E-state index contributed by atoms with van der Waals surface area (Å²) in [4.78, 5) is 58.3.